The van der Waals surface area contributed by atoms with Gasteiger partial charge in [0.25, 0.3) is 11.8 Å². The second-order valence-electron chi connectivity index (χ2n) is 7.72. The predicted octanol–water partition coefficient (Wildman–Crippen LogP) is 4.81. The molecule has 3 N–H and O–H groups in total. The average molecular weight is 448 g/mol. The quantitative estimate of drug-likeness (QED) is 0.401. The van der Waals surface area contributed by atoms with Crippen molar-refractivity contribution >= 4 is 39.2 Å². The Morgan fingerprint density at radius 2 is 1.71 bits per heavy atom. The molecule has 0 spiro atoms. The molecule has 0 aliphatic heterocycles. The van der Waals surface area contributed by atoms with E-state index in [2.05, 4.69) is 15.3 Å². The number of ether oxygens (including phenoxy) is 1. The van der Waals surface area contributed by atoms with Gasteiger partial charge in [0.2, 0.25) is 0 Å². The van der Waals surface area contributed by atoms with Crippen molar-refractivity contribution in [2.24, 2.45) is 5.73 Å². The highest BCUT2D eigenvalue weighted by Gasteiger charge is 2.15. The van der Waals surface area contributed by atoms with Crippen molar-refractivity contribution in [1.82, 2.24) is 9.97 Å². The van der Waals surface area contributed by atoms with Crippen LogP contribution in [0.25, 0.3) is 32.8 Å². The van der Waals surface area contributed by atoms with E-state index in [0.717, 1.165) is 27.3 Å². The molecule has 3 aromatic carbocycles. The number of hydrogen-bond acceptors (Lipinski definition) is 5. The molecule has 7 nitrogen and oxygen atoms in total. The number of carbonyl (C=O) groups excluding carboxylic acids is 2. The molecule has 5 aromatic rings. The number of methoxy groups -OCH3 is 1. The van der Waals surface area contributed by atoms with Crippen molar-refractivity contribution in [2.45, 2.75) is 0 Å². The summed E-state index contributed by atoms with van der Waals surface area (Å²) in [5.74, 6) is -0.387. The number of anilines is 1. The Bertz CT molecular complexity index is 1570. The van der Waals surface area contributed by atoms with Gasteiger partial charge in [-0.3, -0.25) is 19.6 Å². The van der Waals surface area contributed by atoms with Crippen molar-refractivity contribution in [3.8, 4) is 16.9 Å². The average Bonchev–Trinajstić information content (AvgIpc) is 2.87. The highest BCUT2D eigenvalue weighted by atomic mass is 16.5. The minimum Gasteiger partial charge on any atom is -0.496 e. The summed E-state index contributed by atoms with van der Waals surface area (Å²) < 4.78 is 5.31. The number of nitrogens with one attached hydrogen (secondary N) is 1. The molecule has 5 rings (SSSR count). The highest BCUT2D eigenvalue weighted by Crippen LogP contribution is 2.34. The number of benzene rings is 3. The fraction of sp³-hybridized carbons (Fsp3) is 0.0370. The second-order valence-corrected chi connectivity index (χ2v) is 7.72. The number of nitrogens with zero attached hydrogens (tertiary/aromatic N) is 2. The summed E-state index contributed by atoms with van der Waals surface area (Å²) in [6, 6.07) is 20.3. The van der Waals surface area contributed by atoms with Crippen molar-refractivity contribution < 1.29 is 14.3 Å². The van der Waals surface area contributed by atoms with Gasteiger partial charge in [0.05, 0.1) is 18.2 Å². The number of hydrogen-bond donors (Lipinski definition) is 2. The lowest BCUT2D eigenvalue weighted by Gasteiger charge is -2.12. The van der Waals surface area contributed by atoms with Gasteiger partial charge < -0.3 is 15.8 Å². The zero-order valence-electron chi connectivity index (χ0n) is 18.3. The number of nitrogens with two attached hydrogens (primary N) is 1. The van der Waals surface area contributed by atoms with Gasteiger partial charge in [-0.05, 0) is 58.3 Å². The molecule has 0 atom stereocenters. The summed E-state index contributed by atoms with van der Waals surface area (Å²) in [7, 11) is 1.49. The Labute approximate surface area is 195 Å². The Balaban J connectivity index is 1.60. The molecule has 2 aromatic heterocycles. The largest absolute Gasteiger partial charge is 0.496 e. The molecule has 7 heteroatoms. The number of aromatic nitrogens is 2. The number of fused-ring (bicyclic) bond motifs is 2. The second kappa shape index (κ2) is 8.63. The maximum absolute atomic E-state index is 12.9. The van der Waals surface area contributed by atoms with Crippen LogP contribution >= 0.6 is 0 Å². The van der Waals surface area contributed by atoms with Crippen molar-refractivity contribution in [1.29, 1.82) is 0 Å². The molecular formula is C27H20N4O3. The fourth-order valence-corrected chi connectivity index (χ4v) is 4.07. The molecule has 0 bridgehead atoms. The van der Waals surface area contributed by atoms with E-state index in [1.165, 1.54) is 7.11 Å². The first-order valence-corrected chi connectivity index (χ1v) is 10.6. The number of primary amides is 1. The molecular weight excluding hydrogens is 428 g/mol. The van der Waals surface area contributed by atoms with Crippen molar-refractivity contribution in [3.05, 3.63) is 96.4 Å². The summed E-state index contributed by atoms with van der Waals surface area (Å²) in [4.78, 5) is 33.3. The number of carbonyl (C=O) groups is 2. The SMILES string of the molecule is COc1cc2nccc(-c3ccc4c(C(=O)Nc5ccncc5)cccc4c3)c2cc1C(N)=O. The smallest absolute Gasteiger partial charge is 0.256 e. The van der Waals surface area contributed by atoms with Gasteiger partial charge >= 0.3 is 0 Å². The van der Waals surface area contributed by atoms with E-state index in [4.69, 9.17) is 10.5 Å². The summed E-state index contributed by atoms with van der Waals surface area (Å²) >= 11 is 0. The molecule has 0 aliphatic carbocycles. The molecule has 0 unspecified atom stereocenters. The van der Waals surface area contributed by atoms with E-state index in [-0.39, 0.29) is 5.91 Å². The van der Waals surface area contributed by atoms with Crippen molar-refractivity contribution in [3.63, 3.8) is 0 Å². The third-order valence-electron chi connectivity index (χ3n) is 5.70. The van der Waals surface area contributed by atoms with Gasteiger partial charge in [0, 0.05) is 41.3 Å². The van der Waals surface area contributed by atoms with Gasteiger partial charge in [-0.1, -0.05) is 24.3 Å². The van der Waals surface area contributed by atoms with E-state index < -0.39 is 5.91 Å². The van der Waals surface area contributed by atoms with Crippen LogP contribution in [0.2, 0.25) is 0 Å². The minimum atomic E-state index is -0.572. The molecule has 0 saturated carbocycles. The zero-order chi connectivity index (χ0) is 23.7. The minimum absolute atomic E-state index is 0.197. The molecule has 2 heterocycles. The van der Waals surface area contributed by atoms with E-state index in [1.807, 2.05) is 36.4 Å². The Hall–Kier alpha value is -4.78. The molecule has 0 radical (unpaired) electrons. The molecule has 0 fully saturated rings. The van der Waals surface area contributed by atoms with Crippen LogP contribution in [0.1, 0.15) is 20.7 Å². The Morgan fingerprint density at radius 1 is 0.882 bits per heavy atom. The van der Waals surface area contributed by atoms with Crippen LogP contribution in [0.5, 0.6) is 5.75 Å². The number of amides is 2. The lowest BCUT2D eigenvalue weighted by molar-refractivity contribution is 0.0995. The zero-order valence-corrected chi connectivity index (χ0v) is 18.3. The first-order valence-electron chi connectivity index (χ1n) is 10.6. The maximum atomic E-state index is 12.9. The Kier molecular flexibility index (Phi) is 5.35. The normalized spacial score (nSPS) is 10.9. The lowest BCUT2D eigenvalue weighted by atomic mass is 9.95. The van der Waals surface area contributed by atoms with Crippen molar-refractivity contribution in [2.75, 3.05) is 12.4 Å². The van der Waals surface area contributed by atoms with Gasteiger partial charge in [-0.25, -0.2) is 0 Å². The van der Waals surface area contributed by atoms with Gasteiger partial charge in [0.1, 0.15) is 5.75 Å². The molecule has 2 amide bonds. The third-order valence-corrected chi connectivity index (χ3v) is 5.70. The standard InChI is InChI=1S/C27H20N4O3/c1-34-25-15-24-22(14-23(25)26(28)32)20(9-12-30-24)17-5-6-19-16(13-17)3-2-4-21(19)27(33)31-18-7-10-29-11-8-18/h2-15H,1H3,(H2,28,32)(H,29,31,33). The van der Waals surface area contributed by atoms with E-state index in [9.17, 15) is 9.59 Å². The van der Waals surface area contributed by atoms with E-state index >= 15 is 0 Å². The van der Waals surface area contributed by atoms with E-state index in [0.29, 0.717) is 28.1 Å². The Morgan fingerprint density at radius 3 is 2.47 bits per heavy atom. The van der Waals surface area contributed by atoms with Gasteiger partial charge in [-0.15, -0.1) is 0 Å². The van der Waals surface area contributed by atoms with Crippen LogP contribution in [0.4, 0.5) is 5.69 Å². The van der Waals surface area contributed by atoms with Gasteiger partial charge in [-0.2, -0.15) is 0 Å². The molecule has 0 aliphatic rings. The monoisotopic (exact) mass is 448 g/mol. The number of rotatable bonds is 5. The van der Waals surface area contributed by atoms with Crippen LogP contribution < -0.4 is 15.8 Å². The summed E-state index contributed by atoms with van der Waals surface area (Å²) in [5, 5.41) is 5.43. The molecule has 166 valence electrons. The summed E-state index contributed by atoms with van der Waals surface area (Å²) in [5.41, 5.74) is 9.61. The first kappa shape index (κ1) is 21.1. The topological polar surface area (TPSA) is 107 Å². The molecule has 34 heavy (non-hydrogen) atoms. The van der Waals surface area contributed by atoms with Crippen LogP contribution in [0.3, 0.4) is 0 Å². The van der Waals surface area contributed by atoms with Crippen LogP contribution in [0.15, 0.2) is 85.3 Å². The molecule has 0 saturated heterocycles. The lowest BCUT2D eigenvalue weighted by Crippen LogP contribution is -2.12. The maximum Gasteiger partial charge on any atom is 0.256 e. The first-order chi connectivity index (χ1) is 16.5. The predicted molar refractivity (Wildman–Crippen MR) is 132 cm³/mol. The highest BCUT2D eigenvalue weighted by molar-refractivity contribution is 6.13. The summed E-state index contributed by atoms with van der Waals surface area (Å²) in [6.07, 6.45) is 4.97. The fourth-order valence-electron chi connectivity index (χ4n) is 4.07. The van der Waals surface area contributed by atoms with E-state index in [1.54, 1.807) is 48.9 Å². The number of pyridine rings is 2. The van der Waals surface area contributed by atoms with Crippen LogP contribution in [-0.2, 0) is 0 Å². The summed E-state index contributed by atoms with van der Waals surface area (Å²) in [6.45, 7) is 0. The van der Waals surface area contributed by atoms with Crippen LogP contribution in [-0.4, -0.2) is 28.9 Å². The third kappa shape index (κ3) is 3.80. The van der Waals surface area contributed by atoms with Gasteiger partial charge in [0.15, 0.2) is 0 Å². The van der Waals surface area contributed by atoms with Crippen LogP contribution in [0, 0.1) is 0 Å².